The van der Waals surface area contributed by atoms with Crippen molar-refractivity contribution >= 4 is 0 Å². The summed E-state index contributed by atoms with van der Waals surface area (Å²) in [6.07, 6.45) is -3.29. The SMILES string of the molecule is CCN1CCCN(C(C(C)C)C(F)(F)F)CC1. The molecule has 0 amide bonds. The summed E-state index contributed by atoms with van der Waals surface area (Å²) in [6.45, 7) is 9.02. The molecule has 1 saturated heterocycles. The predicted octanol–water partition coefficient (Wildman–Crippen LogP) is 2.60. The number of halogens is 3. The number of rotatable bonds is 3. The van der Waals surface area contributed by atoms with E-state index in [4.69, 9.17) is 0 Å². The fourth-order valence-electron chi connectivity index (χ4n) is 2.59. The third-order valence-corrected chi connectivity index (χ3v) is 3.43. The normalized spacial score (nSPS) is 22.8. The molecule has 0 aromatic carbocycles. The van der Waals surface area contributed by atoms with Crippen LogP contribution in [0.5, 0.6) is 0 Å². The minimum atomic E-state index is -4.12. The van der Waals surface area contributed by atoms with Crippen LogP contribution in [0, 0.1) is 5.92 Å². The van der Waals surface area contributed by atoms with E-state index in [1.807, 2.05) is 0 Å². The second kappa shape index (κ2) is 6.05. The van der Waals surface area contributed by atoms with Gasteiger partial charge in [-0.1, -0.05) is 20.8 Å². The van der Waals surface area contributed by atoms with Crippen molar-refractivity contribution in [3.63, 3.8) is 0 Å². The van der Waals surface area contributed by atoms with Crippen molar-refractivity contribution in [3.8, 4) is 0 Å². The third kappa shape index (κ3) is 4.14. The van der Waals surface area contributed by atoms with Crippen molar-refractivity contribution in [2.75, 3.05) is 32.7 Å². The van der Waals surface area contributed by atoms with E-state index in [9.17, 15) is 13.2 Å². The van der Waals surface area contributed by atoms with Gasteiger partial charge in [0, 0.05) is 19.6 Å². The molecule has 0 saturated carbocycles. The van der Waals surface area contributed by atoms with E-state index < -0.39 is 12.2 Å². The summed E-state index contributed by atoms with van der Waals surface area (Å²) in [4.78, 5) is 3.83. The highest BCUT2D eigenvalue weighted by Crippen LogP contribution is 2.30. The molecule has 1 atom stereocenters. The zero-order valence-electron chi connectivity index (χ0n) is 10.9. The first-order chi connectivity index (χ1) is 7.86. The van der Waals surface area contributed by atoms with E-state index in [0.29, 0.717) is 13.1 Å². The monoisotopic (exact) mass is 252 g/mol. The van der Waals surface area contributed by atoms with Crippen molar-refractivity contribution in [2.24, 2.45) is 5.92 Å². The predicted molar refractivity (Wildman–Crippen MR) is 63.0 cm³/mol. The number of likely N-dealkylation sites (N-methyl/N-ethyl adjacent to an activating group) is 1. The van der Waals surface area contributed by atoms with E-state index in [1.165, 1.54) is 0 Å². The van der Waals surface area contributed by atoms with E-state index in [0.717, 1.165) is 26.1 Å². The minimum Gasteiger partial charge on any atom is -0.302 e. The van der Waals surface area contributed by atoms with Gasteiger partial charge < -0.3 is 4.90 Å². The quantitative estimate of drug-likeness (QED) is 0.762. The summed E-state index contributed by atoms with van der Waals surface area (Å²) in [5.74, 6) is -0.386. The van der Waals surface area contributed by atoms with Crippen LogP contribution in [0.15, 0.2) is 0 Å². The number of nitrogens with zero attached hydrogens (tertiary/aromatic N) is 2. The Hall–Kier alpha value is -0.290. The van der Waals surface area contributed by atoms with Crippen LogP contribution in [-0.2, 0) is 0 Å². The fourth-order valence-corrected chi connectivity index (χ4v) is 2.59. The zero-order valence-corrected chi connectivity index (χ0v) is 10.9. The highest BCUT2D eigenvalue weighted by atomic mass is 19.4. The van der Waals surface area contributed by atoms with Crippen molar-refractivity contribution in [2.45, 2.75) is 39.4 Å². The fraction of sp³-hybridized carbons (Fsp3) is 1.00. The van der Waals surface area contributed by atoms with Crippen LogP contribution in [-0.4, -0.2) is 54.7 Å². The smallest absolute Gasteiger partial charge is 0.302 e. The molecule has 0 aromatic heterocycles. The molecule has 17 heavy (non-hydrogen) atoms. The molecule has 2 nitrogen and oxygen atoms in total. The Morgan fingerprint density at radius 3 is 2.18 bits per heavy atom. The molecule has 1 fully saturated rings. The summed E-state index contributed by atoms with van der Waals surface area (Å²) in [5.41, 5.74) is 0. The van der Waals surface area contributed by atoms with E-state index in [2.05, 4.69) is 11.8 Å². The molecule has 0 spiro atoms. The molecule has 0 bridgehead atoms. The first-order valence-corrected chi connectivity index (χ1v) is 6.39. The van der Waals surface area contributed by atoms with Gasteiger partial charge in [0.2, 0.25) is 0 Å². The average Bonchev–Trinajstić information content (AvgIpc) is 2.40. The highest BCUT2D eigenvalue weighted by molar-refractivity contribution is 4.84. The van der Waals surface area contributed by atoms with Crippen LogP contribution in [0.4, 0.5) is 13.2 Å². The van der Waals surface area contributed by atoms with E-state index in [1.54, 1.807) is 18.7 Å². The molecule has 5 heteroatoms. The number of hydrogen-bond acceptors (Lipinski definition) is 2. The van der Waals surface area contributed by atoms with Gasteiger partial charge in [0.1, 0.15) is 6.04 Å². The van der Waals surface area contributed by atoms with Gasteiger partial charge in [-0.25, -0.2) is 0 Å². The molecule has 0 aliphatic carbocycles. The maximum atomic E-state index is 13.0. The molecule has 0 N–H and O–H groups in total. The molecule has 1 unspecified atom stereocenters. The molecule has 1 rings (SSSR count). The Morgan fingerprint density at radius 2 is 1.71 bits per heavy atom. The van der Waals surface area contributed by atoms with Crippen molar-refractivity contribution in [1.82, 2.24) is 9.80 Å². The van der Waals surface area contributed by atoms with Gasteiger partial charge in [0.15, 0.2) is 0 Å². The average molecular weight is 252 g/mol. The summed E-state index contributed by atoms with van der Waals surface area (Å²) < 4.78 is 39.0. The highest BCUT2D eigenvalue weighted by Gasteiger charge is 2.45. The topological polar surface area (TPSA) is 6.48 Å². The maximum Gasteiger partial charge on any atom is 0.404 e. The first-order valence-electron chi connectivity index (χ1n) is 6.39. The lowest BCUT2D eigenvalue weighted by Gasteiger charge is -2.34. The molecule has 1 aliphatic heterocycles. The Balaban J connectivity index is 2.69. The van der Waals surface area contributed by atoms with Gasteiger partial charge in [-0.15, -0.1) is 0 Å². The van der Waals surface area contributed by atoms with Crippen LogP contribution < -0.4 is 0 Å². The lowest BCUT2D eigenvalue weighted by atomic mass is 10.0. The number of alkyl halides is 3. The maximum absolute atomic E-state index is 13.0. The second-order valence-corrected chi connectivity index (χ2v) is 5.05. The van der Waals surface area contributed by atoms with Crippen molar-refractivity contribution in [1.29, 1.82) is 0 Å². The third-order valence-electron chi connectivity index (χ3n) is 3.43. The summed E-state index contributed by atoms with van der Waals surface area (Å²) in [7, 11) is 0. The second-order valence-electron chi connectivity index (χ2n) is 5.05. The lowest BCUT2D eigenvalue weighted by Crippen LogP contribution is -2.50. The molecule has 0 radical (unpaired) electrons. The molecule has 0 aromatic rings. The van der Waals surface area contributed by atoms with Gasteiger partial charge in [-0.2, -0.15) is 13.2 Å². The van der Waals surface area contributed by atoms with Crippen LogP contribution in [0.3, 0.4) is 0 Å². The summed E-state index contributed by atoms with van der Waals surface area (Å²) in [6, 6.07) is -1.29. The Kier molecular flexibility index (Phi) is 5.25. The van der Waals surface area contributed by atoms with Crippen LogP contribution in [0.25, 0.3) is 0 Å². The Bertz CT molecular complexity index is 228. The first kappa shape index (κ1) is 14.8. The van der Waals surface area contributed by atoms with Gasteiger partial charge in [-0.05, 0) is 25.4 Å². The lowest BCUT2D eigenvalue weighted by molar-refractivity contribution is -0.194. The van der Waals surface area contributed by atoms with Crippen LogP contribution in [0.2, 0.25) is 0 Å². The standard InChI is InChI=1S/C12H23F3N2/c1-4-16-6-5-7-17(9-8-16)11(10(2)3)12(13,14)15/h10-11H,4-9H2,1-3H3. The van der Waals surface area contributed by atoms with E-state index >= 15 is 0 Å². The van der Waals surface area contributed by atoms with Crippen LogP contribution >= 0.6 is 0 Å². The van der Waals surface area contributed by atoms with Gasteiger partial charge in [0.25, 0.3) is 0 Å². The molecule has 1 heterocycles. The summed E-state index contributed by atoms with van der Waals surface area (Å²) in [5, 5.41) is 0. The minimum absolute atomic E-state index is 0.386. The van der Waals surface area contributed by atoms with Gasteiger partial charge in [-0.3, -0.25) is 4.90 Å². The van der Waals surface area contributed by atoms with Gasteiger partial charge in [0.05, 0.1) is 0 Å². The van der Waals surface area contributed by atoms with Crippen molar-refractivity contribution < 1.29 is 13.2 Å². The van der Waals surface area contributed by atoms with Crippen molar-refractivity contribution in [3.05, 3.63) is 0 Å². The zero-order chi connectivity index (χ0) is 13.1. The largest absolute Gasteiger partial charge is 0.404 e. The molecule has 1 aliphatic rings. The molecular weight excluding hydrogens is 229 g/mol. The van der Waals surface area contributed by atoms with E-state index in [-0.39, 0.29) is 5.92 Å². The molecule has 102 valence electrons. The Labute approximate surface area is 102 Å². The number of hydrogen-bond donors (Lipinski definition) is 0. The van der Waals surface area contributed by atoms with Crippen LogP contribution in [0.1, 0.15) is 27.2 Å². The van der Waals surface area contributed by atoms with Gasteiger partial charge >= 0.3 is 6.18 Å². The molecular formula is C12H23F3N2. The Morgan fingerprint density at radius 1 is 1.06 bits per heavy atom. The summed E-state index contributed by atoms with van der Waals surface area (Å²) >= 11 is 0.